The second kappa shape index (κ2) is 7.78. The van der Waals surface area contributed by atoms with Gasteiger partial charge in [-0.05, 0) is 38.0 Å². The number of hydrogen-bond acceptors (Lipinski definition) is 5. The van der Waals surface area contributed by atoms with Crippen LogP contribution in [0.2, 0.25) is 0 Å². The highest BCUT2D eigenvalue weighted by molar-refractivity contribution is 5.94. The maximum absolute atomic E-state index is 12.8. The highest BCUT2D eigenvalue weighted by atomic mass is 16.5. The topological polar surface area (TPSA) is 86.9 Å². The van der Waals surface area contributed by atoms with Crippen LogP contribution in [0.15, 0.2) is 4.52 Å². The predicted molar refractivity (Wildman–Crippen MR) is 95.4 cm³/mol. The van der Waals surface area contributed by atoms with E-state index < -0.39 is 0 Å². The summed E-state index contributed by atoms with van der Waals surface area (Å²) in [6.07, 6.45) is 3.20. The number of carbonyl (C=O) groups is 2. The number of piperidine rings is 2. The van der Waals surface area contributed by atoms with Crippen molar-refractivity contribution in [2.24, 2.45) is 11.8 Å². The third kappa shape index (κ3) is 3.63. The number of nitrogens with zero attached hydrogens (tertiary/aromatic N) is 3. The molecule has 0 unspecified atom stereocenters. The van der Waals surface area contributed by atoms with Crippen molar-refractivity contribution in [3.63, 3.8) is 0 Å². The number of hydrogen-bond donors (Lipinski definition) is 1. The van der Waals surface area contributed by atoms with Crippen molar-refractivity contribution in [2.75, 3.05) is 19.6 Å². The van der Waals surface area contributed by atoms with Gasteiger partial charge in [-0.2, -0.15) is 0 Å². The Morgan fingerprint density at radius 3 is 2.85 bits per heavy atom. The van der Waals surface area contributed by atoms with Crippen LogP contribution in [0.4, 0.5) is 0 Å². The van der Waals surface area contributed by atoms with Crippen LogP contribution in [0.5, 0.6) is 0 Å². The Kier molecular flexibility index (Phi) is 5.65. The Labute approximate surface area is 154 Å². The minimum atomic E-state index is -0.256. The standard InChI is InChI=1S/C19H29N3O4/c1-12(2)6-9-22-16-7-8-21(10-14(16)4-5-17(22)24)19(25)18-15(11-23)13(3)26-20-18/h12,14,16,23H,4-11H2,1-3H3/t14-,16+/m1/s1. The molecule has 1 N–H and O–H groups in total. The van der Waals surface area contributed by atoms with Crippen LogP contribution < -0.4 is 0 Å². The minimum Gasteiger partial charge on any atom is -0.391 e. The van der Waals surface area contributed by atoms with Crippen molar-refractivity contribution in [2.45, 2.75) is 59.1 Å². The molecule has 7 nitrogen and oxygen atoms in total. The van der Waals surface area contributed by atoms with Gasteiger partial charge in [-0.25, -0.2) is 0 Å². The number of aryl methyl sites for hydroxylation is 1. The SMILES string of the molecule is Cc1onc(C(=O)N2CC[C@H]3[C@H](CCC(=O)N3CCC(C)C)C2)c1CO. The molecular weight excluding hydrogens is 334 g/mol. The Morgan fingerprint density at radius 2 is 2.15 bits per heavy atom. The van der Waals surface area contributed by atoms with Crippen LogP contribution in [0.3, 0.4) is 0 Å². The summed E-state index contributed by atoms with van der Waals surface area (Å²) in [5.41, 5.74) is 0.682. The summed E-state index contributed by atoms with van der Waals surface area (Å²) in [4.78, 5) is 29.1. The molecule has 0 bridgehead atoms. The number of amides is 2. The number of aromatic nitrogens is 1. The molecule has 0 aliphatic carbocycles. The van der Waals surface area contributed by atoms with Crippen LogP contribution in [0.25, 0.3) is 0 Å². The molecule has 26 heavy (non-hydrogen) atoms. The van der Waals surface area contributed by atoms with Crippen LogP contribution in [-0.4, -0.2) is 57.6 Å². The van der Waals surface area contributed by atoms with Gasteiger partial charge in [-0.15, -0.1) is 0 Å². The summed E-state index contributed by atoms with van der Waals surface area (Å²) < 4.78 is 5.08. The first-order valence-corrected chi connectivity index (χ1v) is 9.57. The van der Waals surface area contributed by atoms with Gasteiger partial charge in [0, 0.05) is 32.1 Å². The van der Waals surface area contributed by atoms with E-state index in [-0.39, 0.29) is 30.2 Å². The van der Waals surface area contributed by atoms with E-state index in [0.717, 1.165) is 25.8 Å². The number of rotatable bonds is 5. The van der Waals surface area contributed by atoms with Gasteiger partial charge in [0.05, 0.1) is 12.2 Å². The third-order valence-corrected chi connectivity index (χ3v) is 5.72. The molecule has 7 heteroatoms. The predicted octanol–water partition coefficient (Wildman–Crippen LogP) is 1.97. The van der Waals surface area contributed by atoms with Crippen LogP contribution in [0, 0.1) is 18.8 Å². The lowest BCUT2D eigenvalue weighted by atomic mass is 9.83. The zero-order chi connectivity index (χ0) is 18.8. The molecule has 144 valence electrons. The molecule has 2 atom stereocenters. The highest BCUT2D eigenvalue weighted by Crippen LogP contribution is 2.32. The van der Waals surface area contributed by atoms with Gasteiger partial charge < -0.3 is 19.4 Å². The smallest absolute Gasteiger partial charge is 0.276 e. The van der Waals surface area contributed by atoms with Crippen LogP contribution >= 0.6 is 0 Å². The van der Waals surface area contributed by atoms with Crippen molar-refractivity contribution in [3.8, 4) is 0 Å². The Balaban J connectivity index is 1.69. The molecular formula is C19H29N3O4. The molecule has 0 spiro atoms. The van der Waals surface area contributed by atoms with E-state index >= 15 is 0 Å². The summed E-state index contributed by atoms with van der Waals surface area (Å²) in [6.45, 7) is 7.82. The van der Waals surface area contributed by atoms with Crippen LogP contribution in [-0.2, 0) is 11.4 Å². The summed E-state index contributed by atoms with van der Waals surface area (Å²) in [5.74, 6) is 1.42. The van der Waals surface area contributed by atoms with Gasteiger partial charge in [-0.1, -0.05) is 19.0 Å². The normalized spacial score (nSPS) is 23.5. The molecule has 1 aromatic rings. The first-order valence-electron chi connectivity index (χ1n) is 9.57. The summed E-state index contributed by atoms with van der Waals surface area (Å²) in [5, 5.41) is 13.3. The van der Waals surface area contributed by atoms with Gasteiger partial charge in [-0.3, -0.25) is 9.59 Å². The largest absolute Gasteiger partial charge is 0.391 e. The van der Waals surface area contributed by atoms with E-state index in [1.807, 2.05) is 0 Å². The molecule has 2 aliphatic heterocycles. The molecule has 2 aliphatic rings. The zero-order valence-corrected chi connectivity index (χ0v) is 15.9. The molecule has 3 rings (SSSR count). The Hall–Kier alpha value is -1.89. The van der Waals surface area contributed by atoms with Gasteiger partial charge in [0.15, 0.2) is 5.69 Å². The molecule has 1 aromatic heterocycles. The molecule has 2 saturated heterocycles. The van der Waals surface area contributed by atoms with E-state index in [1.165, 1.54) is 0 Å². The maximum Gasteiger partial charge on any atom is 0.276 e. The second-order valence-electron chi connectivity index (χ2n) is 7.90. The third-order valence-electron chi connectivity index (χ3n) is 5.72. The number of aliphatic hydroxyl groups is 1. The van der Waals surface area contributed by atoms with E-state index in [1.54, 1.807) is 11.8 Å². The van der Waals surface area contributed by atoms with Crippen LogP contribution in [0.1, 0.15) is 61.3 Å². The molecule has 3 heterocycles. The first-order chi connectivity index (χ1) is 12.4. The fraction of sp³-hybridized carbons (Fsp3) is 0.737. The van der Waals surface area contributed by atoms with E-state index in [0.29, 0.717) is 42.7 Å². The number of likely N-dealkylation sites (tertiary alicyclic amines) is 2. The van der Waals surface area contributed by atoms with Crippen molar-refractivity contribution >= 4 is 11.8 Å². The second-order valence-corrected chi connectivity index (χ2v) is 7.90. The van der Waals surface area contributed by atoms with Crippen molar-refractivity contribution in [1.29, 1.82) is 0 Å². The number of carbonyl (C=O) groups excluding carboxylic acids is 2. The van der Waals surface area contributed by atoms with E-state index in [9.17, 15) is 14.7 Å². The fourth-order valence-electron chi connectivity index (χ4n) is 4.12. The van der Waals surface area contributed by atoms with Gasteiger partial charge in [0.1, 0.15) is 5.76 Å². The summed E-state index contributed by atoms with van der Waals surface area (Å²) >= 11 is 0. The van der Waals surface area contributed by atoms with Gasteiger partial charge in [0.25, 0.3) is 5.91 Å². The average molecular weight is 363 g/mol. The van der Waals surface area contributed by atoms with Crippen molar-refractivity contribution in [1.82, 2.24) is 15.0 Å². The molecule has 0 radical (unpaired) electrons. The number of fused-ring (bicyclic) bond motifs is 1. The minimum absolute atomic E-state index is 0.185. The van der Waals surface area contributed by atoms with Crippen molar-refractivity contribution in [3.05, 3.63) is 17.0 Å². The fourth-order valence-corrected chi connectivity index (χ4v) is 4.12. The monoisotopic (exact) mass is 363 g/mol. The van der Waals surface area contributed by atoms with Gasteiger partial charge >= 0.3 is 0 Å². The molecule has 2 amide bonds. The lowest BCUT2D eigenvalue weighted by molar-refractivity contribution is -0.140. The quantitative estimate of drug-likeness (QED) is 0.864. The first kappa shape index (κ1) is 18.9. The number of aliphatic hydroxyl groups excluding tert-OH is 1. The summed E-state index contributed by atoms with van der Waals surface area (Å²) in [7, 11) is 0. The molecule has 2 fully saturated rings. The van der Waals surface area contributed by atoms with Crippen molar-refractivity contribution < 1.29 is 19.2 Å². The summed E-state index contributed by atoms with van der Waals surface area (Å²) in [6, 6.07) is 0.232. The Bertz CT molecular complexity index is 670. The lowest BCUT2D eigenvalue weighted by Gasteiger charge is -2.47. The van der Waals surface area contributed by atoms with Gasteiger partial charge in [0.2, 0.25) is 5.91 Å². The highest BCUT2D eigenvalue weighted by Gasteiger charge is 2.41. The zero-order valence-electron chi connectivity index (χ0n) is 15.9. The molecule has 0 saturated carbocycles. The maximum atomic E-state index is 12.8. The molecule has 0 aromatic carbocycles. The average Bonchev–Trinajstić information content (AvgIpc) is 3.00. The van der Waals surface area contributed by atoms with E-state index in [2.05, 4.69) is 23.9 Å². The van der Waals surface area contributed by atoms with E-state index in [4.69, 9.17) is 4.52 Å². The lowest BCUT2D eigenvalue weighted by Crippen LogP contribution is -2.57. The Morgan fingerprint density at radius 1 is 1.38 bits per heavy atom.